The minimum atomic E-state index is -0.728. The number of imide groups is 1. The summed E-state index contributed by atoms with van der Waals surface area (Å²) < 4.78 is 1.44. The van der Waals surface area contributed by atoms with Crippen LogP contribution in [0.3, 0.4) is 0 Å². The quantitative estimate of drug-likeness (QED) is 0.330. The van der Waals surface area contributed by atoms with Gasteiger partial charge in [-0.1, -0.05) is 65.6 Å². The van der Waals surface area contributed by atoms with Crippen LogP contribution < -0.4 is 20.0 Å². The number of aryl methyl sites for hydroxylation is 1. The van der Waals surface area contributed by atoms with E-state index in [1.807, 2.05) is 74.4 Å². The molecule has 1 aromatic heterocycles. The van der Waals surface area contributed by atoms with Crippen molar-refractivity contribution in [2.24, 2.45) is 5.92 Å². The zero-order valence-corrected chi connectivity index (χ0v) is 24.4. The van der Waals surface area contributed by atoms with Gasteiger partial charge in [0.1, 0.15) is 11.8 Å². The van der Waals surface area contributed by atoms with E-state index in [-0.39, 0.29) is 29.1 Å². The molecular formula is C31H28N4O4S2. The van der Waals surface area contributed by atoms with Gasteiger partial charge in [-0.05, 0) is 54.4 Å². The Balaban J connectivity index is 1.41. The molecule has 0 radical (unpaired) electrons. The van der Waals surface area contributed by atoms with Crippen LogP contribution in [-0.4, -0.2) is 41.6 Å². The SMILES string of the molecule is Cc1cccc(NC(=O)Cn2c3c(sc2=O)C(c2ccc(N(C)C)cc2)C2C(=O)N(c4ccccc4)C(=O)C2S3)c1. The van der Waals surface area contributed by atoms with Crippen LogP contribution in [-0.2, 0) is 20.9 Å². The maximum absolute atomic E-state index is 14.0. The van der Waals surface area contributed by atoms with E-state index in [1.54, 1.807) is 30.3 Å². The van der Waals surface area contributed by atoms with Crippen molar-refractivity contribution in [2.45, 2.75) is 29.7 Å². The van der Waals surface area contributed by atoms with Crippen molar-refractivity contribution in [3.63, 3.8) is 0 Å². The Labute approximate surface area is 245 Å². The molecular weight excluding hydrogens is 556 g/mol. The third kappa shape index (κ3) is 4.87. The monoisotopic (exact) mass is 584 g/mol. The molecule has 3 unspecified atom stereocenters. The van der Waals surface area contributed by atoms with Gasteiger partial charge in [0.15, 0.2) is 0 Å². The summed E-state index contributed by atoms with van der Waals surface area (Å²) in [6.07, 6.45) is 0. The Bertz CT molecular complexity index is 1710. The van der Waals surface area contributed by atoms with Crippen LogP contribution in [0.25, 0.3) is 0 Å². The molecule has 0 aliphatic carbocycles. The molecule has 1 saturated heterocycles. The lowest BCUT2D eigenvalue weighted by molar-refractivity contribution is -0.122. The Morgan fingerprint density at radius 2 is 1.66 bits per heavy atom. The molecule has 2 aliphatic heterocycles. The van der Waals surface area contributed by atoms with Crippen LogP contribution in [0.2, 0.25) is 0 Å². The van der Waals surface area contributed by atoms with Gasteiger partial charge in [0.25, 0.3) is 0 Å². The van der Waals surface area contributed by atoms with Crippen molar-refractivity contribution in [1.82, 2.24) is 4.57 Å². The number of anilines is 3. The first-order valence-electron chi connectivity index (χ1n) is 13.2. The van der Waals surface area contributed by atoms with E-state index in [0.29, 0.717) is 21.3 Å². The summed E-state index contributed by atoms with van der Waals surface area (Å²) in [5, 5.41) is 2.71. The summed E-state index contributed by atoms with van der Waals surface area (Å²) >= 11 is 2.26. The van der Waals surface area contributed by atoms with E-state index >= 15 is 0 Å². The number of rotatable bonds is 6. The first-order valence-corrected chi connectivity index (χ1v) is 14.9. The van der Waals surface area contributed by atoms with E-state index in [0.717, 1.165) is 28.2 Å². The van der Waals surface area contributed by atoms with Gasteiger partial charge >= 0.3 is 4.87 Å². The number of fused-ring (bicyclic) bond motifs is 2. The van der Waals surface area contributed by atoms with Crippen molar-refractivity contribution in [2.75, 3.05) is 29.2 Å². The number of para-hydroxylation sites is 1. The second kappa shape index (κ2) is 10.7. The summed E-state index contributed by atoms with van der Waals surface area (Å²) in [5.41, 5.74) is 4.02. The molecule has 1 fully saturated rings. The summed E-state index contributed by atoms with van der Waals surface area (Å²) in [7, 11) is 3.90. The molecule has 3 atom stereocenters. The topological polar surface area (TPSA) is 91.7 Å². The number of benzene rings is 3. The summed E-state index contributed by atoms with van der Waals surface area (Å²) in [6.45, 7) is 1.74. The highest BCUT2D eigenvalue weighted by atomic mass is 32.2. The van der Waals surface area contributed by atoms with E-state index in [9.17, 15) is 19.2 Å². The Kier molecular flexibility index (Phi) is 7.04. The van der Waals surface area contributed by atoms with E-state index in [1.165, 1.54) is 21.2 Å². The fourth-order valence-corrected chi connectivity index (χ4v) is 8.27. The average molecular weight is 585 g/mol. The first kappa shape index (κ1) is 27.0. The van der Waals surface area contributed by atoms with Gasteiger partial charge < -0.3 is 10.2 Å². The van der Waals surface area contributed by atoms with Gasteiger partial charge in [-0.25, -0.2) is 4.90 Å². The van der Waals surface area contributed by atoms with Crippen LogP contribution in [0.4, 0.5) is 17.1 Å². The molecule has 0 bridgehead atoms. The number of carbonyl (C=O) groups excluding carboxylic acids is 3. The van der Waals surface area contributed by atoms with Gasteiger partial charge in [-0.3, -0.25) is 23.7 Å². The Hall–Kier alpha value is -4.15. The summed E-state index contributed by atoms with van der Waals surface area (Å²) in [4.78, 5) is 57.8. The van der Waals surface area contributed by atoms with Crippen molar-refractivity contribution in [3.8, 4) is 0 Å². The largest absolute Gasteiger partial charge is 0.378 e. The van der Waals surface area contributed by atoms with Crippen molar-refractivity contribution < 1.29 is 14.4 Å². The van der Waals surface area contributed by atoms with Crippen molar-refractivity contribution >= 4 is 57.9 Å². The lowest BCUT2D eigenvalue weighted by atomic mass is 9.83. The Morgan fingerprint density at radius 3 is 2.34 bits per heavy atom. The van der Waals surface area contributed by atoms with Crippen molar-refractivity contribution in [1.29, 1.82) is 0 Å². The highest BCUT2D eigenvalue weighted by Crippen LogP contribution is 2.54. The molecule has 10 heteroatoms. The number of amides is 3. The molecule has 41 heavy (non-hydrogen) atoms. The van der Waals surface area contributed by atoms with E-state index < -0.39 is 17.1 Å². The molecule has 208 valence electrons. The van der Waals surface area contributed by atoms with Crippen LogP contribution in [0.5, 0.6) is 0 Å². The maximum Gasteiger partial charge on any atom is 0.308 e. The number of hydrogen-bond acceptors (Lipinski definition) is 7. The maximum atomic E-state index is 14.0. The second-order valence-corrected chi connectivity index (χ2v) is 12.5. The fraction of sp³-hybridized carbons (Fsp3) is 0.226. The van der Waals surface area contributed by atoms with E-state index in [4.69, 9.17) is 0 Å². The zero-order valence-electron chi connectivity index (χ0n) is 22.7. The number of hydrogen-bond donors (Lipinski definition) is 1. The number of aromatic nitrogens is 1. The van der Waals surface area contributed by atoms with Crippen LogP contribution in [0.1, 0.15) is 21.9 Å². The molecule has 3 heterocycles. The van der Waals surface area contributed by atoms with Gasteiger partial charge in [0.05, 0.1) is 16.6 Å². The number of nitrogens with one attached hydrogen (secondary N) is 1. The standard InChI is InChI=1S/C31H28N4O4S2/c1-18-8-7-9-20(16-18)32-23(36)17-34-30-27(41-31(34)39)24(19-12-14-21(15-13-19)33(2)3)25-26(40-30)29(38)35(28(25)37)22-10-5-4-6-11-22/h4-16,24-26H,17H2,1-3H3,(H,32,36). The van der Waals surface area contributed by atoms with Crippen LogP contribution in [0, 0.1) is 12.8 Å². The number of carbonyl (C=O) groups is 3. The minimum Gasteiger partial charge on any atom is -0.378 e. The third-order valence-electron chi connectivity index (χ3n) is 7.44. The molecule has 1 N–H and O–H groups in total. The molecule has 3 aromatic carbocycles. The smallest absolute Gasteiger partial charge is 0.308 e. The number of thioether (sulfide) groups is 1. The second-order valence-electron chi connectivity index (χ2n) is 10.4. The summed E-state index contributed by atoms with van der Waals surface area (Å²) in [5.74, 6) is -2.12. The summed E-state index contributed by atoms with van der Waals surface area (Å²) in [6, 6.07) is 24.2. The average Bonchev–Trinajstić information content (AvgIpc) is 3.39. The zero-order chi connectivity index (χ0) is 28.8. The fourth-order valence-electron chi connectivity index (χ4n) is 5.49. The van der Waals surface area contributed by atoms with E-state index in [2.05, 4.69) is 5.32 Å². The molecule has 8 nitrogen and oxygen atoms in total. The molecule has 2 aliphatic rings. The normalized spacial score (nSPS) is 19.6. The van der Waals surface area contributed by atoms with Gasteiger partial charge in [0, 0.05) is 36.3 Å². The molecule has 6 rings (SSSR count). The van der Waals surface area contributed by atoms with Gasteiger partial charge in [-0.15, -0.1) is 0 Å². The number of nitrogens with zero attached hydrogens (tertiary/aromatic N) is 3. The van der Waals surface area contributed by atoms with Gasteiger partial charge in [-0.2, -0.15) is 0 Å². The third-order valence-corrected chi connectivity index (χ3v) is 10.0. The van der Waals surface area contributed by atoms with Gasteiger partial charge in [0.2, 0.25) is 17.7 Å². The number of thiazole rings is 1. The predicted molar refractivity (Wildman–Crippen MR) is 163 cm³/mol. The lowest BCUT2D eigenvalue weighted by Crippen LogP contribution is -2.33. The highest BCUT2D eigenvalue weighted by molar-refractivity contribution is 8.00. The van der Waals surface area contributed by atoms with Crippen LogP contribution >= 0.6 is 23.1 Å². The predicted octanol–water partition coefficient (Wildman–Crippen LogP) is 4.72. The molecule has 4 aromatic rings. The molecule has 0 saturated carbocycles. The Morgan fingerprint density at radius 1 is 0.927 bits per heavy atom. The molecule has 0 spiro atoms. The van der Waals surface area contributed by atoms with Crippen molar-refractivity contribution in [3.05, 3.63) is 105 Å². The lowest BCUT2D eigenvalue weighted by Gasteiger charge is -2.31. The first-order chi connectivity index (χ1) is 19.7. The van der Waals surface area contributed by atoms with Crippen LogP contribution in [0.15, 0.2) is 88.7 Å². The minimum absolute atomic E-state index is 0.195. The molecule has 3 amide bonds. The highest BCUT2D eigenvalue weighted by Gasteiger charge is 2.56.